The van der Waals surface area contributed by atoms with Crippen molar-refractivity contribution in [1.29, 1.82) is 0 Å². The second-order valence-corrected chi connectivity index (χ2v) is 4.64. The van der Waals surface area contributed by atoms with Gasteiger partial charge in [-0.05, 0) is 31.2 Å². The van der Waals surface area contributed by atoms with Crippen molar-refractivity contribution in [2.24, 2.45) is 0 Å². The van der Waals surface area contributed by atoms with E-state index in [0.717, 1.165) is 23.4 Å². The van der Waals surface area contributed by atoms with E-state index in [1.807, 2.05) is 41.8 Å². The Kier molecular flexibility index (Phi) is 2.87. The van der Waals surface area contributed by atoms with Gasteiger partial charge in [-0.3, -0.25) is 4.98 Å². The zero-order valence-corrected chi connectivity index (χ0v) is 11.2. The van der Waals surface area contributed by atoms with Gasteiger partial charge < -0.3 is 10.3 Å². The summed E-state index contributed by atoms with van der Waals surface area (Å²) in [4.78, 5) is 8.94. The van der Waals surface area contributed by atoms with Crippen molar-refractivity contribution in [1.82, 2.24) is 14.5 Å². The first-order chi connectivity index (χ1) is 9.22. The number of fused-ring (bicyclic) bond motifs is 1. The van der Waals surface area contributed by atoms with Gasteiger partial charge in [-0.25, -0.2) is 4.98 Å². The number of rotatable bonds is 2. The fraction of sp³-hybridized carbons (Fsp3) is 0.143. The summed E-state index contributed by atoms with van der Waals surface area (Å²) in [6.07, 6.45) is 1.71. The number of para-hydroxylation sites is 1. The summed E-state index contributed by atoms with van der Waals surface area (Å²) in [7, 11) is 0. The number of hydrogen-bond acceptors (Lipinski definition) is 3. The molecular formula is C14H13ClN4. The first-order valence-electron chi connectivity index (χ1n) is 6.08. The molecule has 0 aliphatic heterocycles. The Morgan fingerprint density at radius 1 is 1.26 bits per heavy atom. The molecule has 0 saturated heterocycles. The molecule has 0 aliphatic carbocycles. The molecule has 4 nitrogen and oxygen atoms in total. The minimum absolute atomic E-state index is 0.614. The highest BCUT2D eigenvalue weighted by molar-refractivity contribution is 6.35. The topological polar surface area (TPSA) is 56.7 Å². The van der Waals surface area contributed by atoms with E-state index in [1.165, 1.54) is 0 Å². The van der Waals surface area contributed by atoms with Gasteiger partial charge in [-0.1, -0.05) is 17.7 Å². The van der Waals surface area contributed by atoms with E-state index in [4.69, 9.17) is 17.3 Å². The van der Waals surface area contributed by atoms with Crippen LogP contribution in [0.15, 0.2) is 36.5 Å². The van der Waals surface area contributed by atoms with Crippen molar-refractivity contribution in [2.45, 2.75) is 13.5 Å². The predicted octanol–water partition coefficient (Wildman–Crippen LogP) is 3.35. The van der Waals surface area contributed by atoms with Crippen LogP contribution < -0.4 is 5.73 Å². The average molecular weight is 273 g/mol. The summed E-state index contributed by atoms with van der Waals surface area (Å²) in [5.41, 5.74) is 9.07. The van der Waals surface area contributed by atoms with Gasteiger partial charge in [0.25, 0.3) is 0 Å². The third-order valence-corrected chi connectivity index (χ3v) is 3.39. The van der Waals surface area contributed by atoms with Crippen LogP contribution in [0.2, 0.25) is 5.02 Å². The fourth-order valence-corrected chi connectivity index (χ4v) is 2.51. The number of anilines is 1. The van der Waals surface area contributed by atoms with E-state index in [2.05, 4.69) is 9.97 Å². The summed E-state index contributed by atoms with van der Waals surface area (Å²) in [6, 6.07) is 9.33. The largest absolute Gasteiger partial charge is 0.397 e. The molecule has 0 unspecified atom stereocenters. The highest BCUT2D eigenvalue weighted by Gasteiger charge is 2.16. The zero-order chi connectivity index (χ0) is 13.4. The maximum Gasteiger partial charge on any atom is 0.161 e. The van der Waals surface area contributed by atoms with E-state index in [1.54, 1.807) is 6.20 Å². The fourth-order valence-electron chi connectivity index (χ4n) is 2.23. The quantitative estimate of drug-likeness (QED) is 0.778. The number of nitrogens with two attached hydrogens (primary N) is 1. The Labute approximate surface area is 115 Å². The molecule has 0 aliphatic rings. The van der Waals surface area contributed by atoms with Crippen LogP contribution in [0.25, 0.3) is 22.6 Å². The normalized spacial score (nSPS) is 11.1. The van der Waals surface area contributed by atoms with Crippen LogP contribution in [0.1, 0.15) is 6.92 Å². The second-order valence-electron chi connectivity index (χ2n) is 4.23. The van der Waals surface area contributed by atoms with Gasteiger partial charge in [0, 0.05) is 12.7 Å². The number of aryl methyl sites for hydroxylation is 1. The first-order valence-corrected chi connectivity index (χ1v) is 6.45. The Balaban J connectivity index is 2.36. The number of hydrogen-bond donors (Lipinski definition) is 1. The van der Waals surface area contributed by atoms with E-state index in [9.17, 15) is 0 Å². The Morgan fingerprint density at radius 2 is 2.11 bits per heavy atom. The molecule has 0 atom stereocenters. The van der Waals surface area contributed by atoms with E-state index < -0.39 is 0 Å². The van der Waals surface area contributed by atoms with Crippen LogP contribution in [0.5, 0.6) is 0 Å². The third-order valence-electron chi connectivity index (χ3n) is 3.08. The smallest absolute Gasteiger partial charge is 0.161 e. The van der Waals surface area contributed by atoms with Gasteiger partial charge in [0.1, 0.15) is 5.69 Å². The molecule has 0 radical (unpaired) electrons. The van der Waals surface area contributed by atoms with Gasteiger partial charge >= 0.3 is 0 Å². The highest BCUT2D eigenvalue weighted by atomic mass is 35.5. The molecule has 3 aromatic rings. The molecular weight excluding hydrogens is 260 g/mol. The molecule has 3 rings (SSSR count). The maximum absolute atomic E-state index is 6.27. The number of halogens is 1. The molecule has 19 heavy (non-hydrogen) atoms. The van der Waals surface area contributed by atoms with Crippen molar-refractivity contribution >= 4 is 28.3 Å². The average Bonchev–Trinajstić information content (AvgIpc) is 2.79. The van der Waals surface area contributed by atoms with Crippen molar-refractivity contribution in [3.8, 4) is 11.5 Å². The molecule has 2 heterocycles. The van der Waals surface area contributed by atoms with Crippen molar-refractivity contribution < 1.29 is 0 Å². The Morgan fingerprint density at radius 3 is 2.84 bits per heavy atom. The van der Waals surface area contributed by atoms with Crippen molar-refractivity contribution in [3.05, 3.63) is 41.6 Å². The van der Waals surface area contributed by atoms with Crippen LogP contribution in [0, 0.1) is 0 Å². The van der Waals surface area contributed by atoms with Gasteiger partial charge in [-0.2, -0.15) is 0 Å². The Hall–Kier alpha value is -2.07. The number of imidazole rings is 1. The minimum atomic E-state index is 0.614. The molecule has 0 fully saturated rings. The molecule has 0 amide bonds. The summed E-state index contributed by atoms with van der Waals surface area (Å²) < 4.78 is 2.04. The Bertz CT molecular complexity index is 748. The first kappa shape index (κ1) is 12.0. The van der Waals surface area contributed by atoms with Crippen LogP contribution in [0.3, 0.4) is 0 Å². The molecule has 2 N–H and O–H groups in total. The number of benzene rings is 1. The molecule has 0 saturated carbocycles. The van der Waals surface area contributed by atoms with Gasteiger partial charge in [0.15, 0.2) is 5.82 Å². The zero-order valence-electron chi connectivity index (χ0n) is 10.5. The number of pyridine rings is 1. The lowest BCUT2D eigenvalue weighted by Crippen LogP contribution is -2.01. The van der Waals surface area contributed by atoms with Crippen molar-refractivity contribution in [2.75, 3.05) is 5.73 Å². The van der Waals surface area contributed by atoms with Gasteiger partial charge in [-0.15, -0.1) is 0 Å². The van der Waals surface area contributed by atoms with E-state index in [-0.39, 0.29) is 0 Å². The summed E-state index contributed by atoms with van der Waals surface area (Å²) >= 11 is 6.27. The SMILES string of the molecule is CCn1c(-c2ncccc2N)nc2cccc(Cl)c21. The number of aromatic nitrogens is 3. The molecule has 2 aromatic heterocycles. The molecule has 0 bridgehead atoms. The highest BCUT2D eigenvalue weighted by Crippen LogP contribution is 2.30. The number of nitrogen functional groups attached to an aromatic ring is 1. The van der Waals surface area contributed by atoms with Crippen molar-refractivity contribution in [3.63, 3.8) is 0 Å². The number of nitrogens with zero attached hydrogens (tertiary/aromatic N) is 3. The monoisotopic (exact) mass is 272 g/mol. The van der Waals surface area contributed by atoms with Crippen LogP contribution in [-0.4, -0.2) is 14.5 Å². The molecule has 96 valence electrons. The predicted molar refractivity (Wildman–Crippen MR) is 78.1 cm³/mol. The molecule has 5 heteroatoms. The maximum atomic E-state index is 6.27. The van der Waals surface area contributed by atoms with Gasteiger partial charge in [0.2, 0.25) is 0 Å². The molecule has 0 spiro atoms. The van der Waals surface area contributed by atoms with Gasteiger partial charge in [0.05, 0.1) is 21.7 Å². The lowest BCUT2D eigenvalue weighted by atomic mass is 10.3. The van der Waals surface area contributed by atoms with E-state index in [0.29, 0.717) is 16.4 Å². The summed E-state index contributed by atoms with van der Waals surface area (Å²) in [5, 5.41) is 0.688. The lowest BCUT2D eigenvalue weighted by molar-refractivity contribution is 0.793. The minimum Gasteiger partial charge on any atom is -0.397 e. The second kappa shape index (κ2) is 4.55. The summed E-state index contributed by atoms with van der Waals surface area (Å²) in [5.74, 6) is 0.753. The lowest BCUT2D eigenvalue weighted by Gasteiger charge is -2.07. The standard InChI is InChI=1S/C14H13ClN4/c1-2-19-13-9(15)5-3-7-11(13)18-14(19)12-10(16)6-4-8-17-12/h3-8H,2,16H2,1H3. The molecule has 1 aromatic carbocycles. The van der Waals surface area contributed by atoms with Crippen LogP contribution in [0.4, 0.5) is 5.69 Å². The van der Waals surface area contributed by atoms with E-state index >= 15 is 0 Å². The van der Waals surface area contributed by atoms with Crippen LogP contribution in [-0.2, 0) is 6.54 Å². The van der Waals surface area contributed by atoms with Crippen LogP contribution >= 0.6 is 11.6 Å². The third kappa shape index (κ3) is 1.85. The summed E-state index contributed by atoms with van der Waals surface area (Å²) in [6.45, 7) is 2.80.